The van der Waals surface area contributed by atoms with Gasteiger partial charge < -0.3 is 0 Å². The summed E-state index contributed by atoms with van der Waals surface area (Å²) in [6, 6.07) is 19.7. The van der Waals surface area contributed by atoms with E-state index in [9.17, 15) is 0 Å². The lowest BCUT2D eigenvalue weighted by molar-refractivity contribution is 0.466. The number of fused-ring (bicyclic) bond motifs is 1. The molecular weight excluding hydrogens is 340 g/mol. The van der Waals surface area contributed by atoms with Crippen molar-refractivity contribution in [3.8, 4) is 0 Å². The van der Waals surface area contributed by atoms with Crippen molar-refractivity contribution in [2.45, 2.75) is 35.4 Å². The van der Waals surface area contributed by atoms with Gasteiger partial charge in [0.05, 0.1) is 0 Å². The summed E-state index contributed by atoms with van der Waals surface area (Å²) >= 11 is 5.96. The van der Waals surface area contributed by atoms with Gasteiger partial charge in [-0.1, -0.05) is 58.4 Å². The third kappa shape index (κ3) is 3.92. The van der Waals surface area contributed by atoms with Crippen LogP contribution in [0.4, 0.5) is 0 Å². The number of hydrogen-bond acceptors (Lipinski definition) is 1. The van der Waals surface area contributed by atoms with E-state index in [0.29, 0.717) is 4.83 Å². The number of hydrogen-bond donors (Lipinski definition) is 0. The second kappa shape index (κ2) is 7.51. The fourth-order valence-electron chi connectivity index (χ4n) is 3.12. The van der Waals surface area contributed by atoms with Gasteiger partial charge in [-0.25, -0.2) is 0 Å². The minimum Gasteiger partial charge on any atom is -0.126 e. The lowest BCUT2D eigenvalue weighted by atomic mass is 9.94. The maximum absolute atomic E-state index is 3.98. The first-order chi connectivity index (χ1) is 10.3. The minimum absolute atomic E-state index is 0.521. The maximum Gasteiger partial charge on any atom is 0.0426 e. The number of benzene rings is 2. The van der Waals surface area contributed by atoms with Crippen molar-refractivity contribution in [1.29, 1.82) is 0 Å². The fraction of sp³-hybridized carbons (Fsp3) is 0.368. The van der Waals surface area contributed by atoms with Crippen LogP contribution in [0.3, 0.4) is 0 Å². The third-order valence-corrected chi connectivity index (χ3v) is 6.57. The molecule has 3 rings (SSSR count). The summed E-state index contributed by atoms with van der Waals surface area (Å²) in [5.74, 6) is 1.96. The van der Waals surface area contributed by atoms with Crippen molar-refractivity contribution >= 4 is 27.7 Å². The zero-order valence-corrected chi connectivity index (χ0v) is 14.6. The van der Waals surface area contributed by atoms with Crippen molar-refractivity contribution in [1.82, 2.24) is 0 Å². The SMILES string of the molecule is BrC1c2ccccc2CCCC1CCSc1ccccc1. The number of thioether (sulfide) groups is 1. The van der Waals surface area contributed by atoms with Crippen LogP contribution in [0.5, 0.6) is 0 Å². The molecule has 1 aliphatic rings. The van der Waals surface area contributed by atoms with Gasteiger partial charge in [-0.05, 0) is 60.6 Å². The first kappa shape index (κ1) is 15.2. The van der Waals surface area contributed by atoms with Crippen LogP contribution in [-0.2, 0) is 6.42 Å². The average molecular weight is 361 g/mol. The van der Waals surface area contributed by atoms with Crippen molar-refractivity contribution in [3.05, 3.63) is 65.7 Å². The van der Waals surface area contributed by atoms with Gasteiger partial charge >= 0.3 is 0 Å². The van der Waals surface area contributed by atoms with E-state index >= 15 is 0 Å². The van der Waals surface area contributed by atoms with Crippen molar-refractivity contribution < 1.29 is 0 Å². The van der Waals surface area contributed by atoms with Crippen LogP contribution in [-0.4, -0.2) is 5.75 Å². The summed E-state index contributed by atoms with van der Waals surface area (Å²) in [7, 11) is 0. The van der Waals surface area contributed by atoms with Crippen LogP contribution in [0.2, 0.25) is 0 Å². The molecule has 0 spiro atoms. The topological polar surface area (TPSA) is 0 Å². The second-order valence-corrected chi connectivity index (χ2v) is 7.86. The first-order valence-electron chi connectivity index (χ1n) is 7.74. The Morgan fingerprint density at radius 1 is 1.00 bits per heavy atom. The largest absolute Gasteiger partial charge is 0.126 e. The van der Waals surface area contributed by atoms with Gasteiger partial charge in [0.2, 0.25) is 0 Å². The predicted molar refractivity (Wildman–Crippen MR) is 96.3 cm³/mol. The Labute approximate surface area is 140 Å². The van der Waals surface area contributed by atoms with Crippen LogP contribution in [0.25, 0.3) is 0 Å². The molecule has 2 aromatic carbocycles. The fourth-order valence-corrected chi connectivity index (χ4v) is 5.10. The standard InChI is InChI=1S/C19H21BrS/c20-19-16(13-14-21-17-10-2-1-3-11-17)9-6-8-15-7-4-5-12-18(15)19/h1-5,7,10-12,16,19H,6,8-9,13-14H2. The number of rotatable bonds is 4. The molecule has 2 heteroatoms. The molecule has 0 bridgehead atoms. The van der Waals surface area contributed by atoms with Crippen LogP contribution >= 0.6 is 27.7 Å². The number of alkyl halides is 1. The number of aryl methyl sites for hydroxylation is 1. The summed E-state index contributed by atoms with van der Waals surface area (Å²) < 4.78 is 0. The molecule has 0 N–H and O–H groups in total. The summed E-state index contributed by atoms with van der Waals surface area (Å²) in [6.45, 7) is 0. The summed E-state index contributed by atoms with van der Waals surface area (Å²) in [5.41, 5.74) is 3.06. The summed E-state index contributed by atoms with van der Waals surface area (Å²) in [5, 5.41) is 0. The van der Waals surface area contributed by atoms with E-state index in [-0.39, 0.29) is 0 Å². The third-order valence-electron chi connectivity index (χ3n) is 4.29. The smallest absolute Gasteiger partial charge is 0.0426 e. The molecule has 0 radical (unpaired) electrons. The highest BCUT2D eigenvalue weighted by Gasteiger charge is 2.25. The van der Waals surface area contributed by atoms with E-state index in [0.717, 1.165) is 5.92 Å². The van der Waals surface area contributed by atoms with Crippen LogP contribution < -0.4 is 0 Å². The zero-order chi connectivity index (χ0) is 14.5. The second-order valence-electron chi connectivity index (χ2n) is 5.70. The molecule has 0 aromatic heterocycles. The van der Waals surface area contributed by atoms with E-state index in [1.54, 1.807) is 0 Å². The van der Waals surface area contributed by atoms with Gasteiger partial charge in [0.1, 0.15) is 0 Å². The predicted octanol–water partition coefficient (Wildman–Crippen LogP) is 6.26. The van der Waals surface area contributed by atoms with E-state index in [1.165, 1.54) is 47.5 Å². The lowest BCUT2D eigenvalue weighted by Crippen LogP contribution is -2.08. The lowest BCUT2D eigenvalue weighted by Gasteiger charge is -2.21. The molecule has 0 saturated heterocycles. The Hall–Kier alpha value is -0.730. The van der Waals surface area contributed by atoms with E-state index in [2.05, 4.69) is 70.5 Å². The molecule has 2 atom stereocenters. The minimum atomic E-state index is 0.521. The Kier molecular flexibility index (Phi) is 5.43. The molecular formula is C19H21BrS. The van der Waals surface area contributed by atoms with Gasteiger partial charge in [0.25, 0.3) is 0 Å². The highest BCUT2D eigenvalue weighted by Crippen LogP contribution is 2.41. The molecule has 2 unspecified atom stereocenters. The molecule has 0 saturated carbocycles. The van der Waals surface area contributed by atoms with Crippen molar-refractivity contribution in [2.24, 2.45) is 5.92 Å². The summed E-state index contributed by atoms with van der Waals surface area (Å²) in [4.78, 5) is 1.91. The maximum atomic E-state index is 3.98. The molecule has 21 heavy (non-hydrogen) atoms. The van der Waals surface area contributed by atoms with Gasteiger partial charge in [-0.3, -0.25) is 0 Å². The van der Waals surface area contributed by atoms with E-state index in [1.807, 2.05) is 11.8 Å². The number of halogens is 1. The monoisotopic (exact) mass is 360 g/mol. The molecule has 2 aromatic rings. The summed E-state index contributed by atoms with van der Waals surface area (Å²) in [6.07, 6.45) is 5.17. The normalized spacial score (nSPS) is 21.6. The molecule has 0 nitrogen and oxygen atoms in total. The molecule has 1 aliphatic carbocycles. The van der Waals surface area contributed by atoms with Crippen LogP contribution in [0.15, 0.2) is 59.5 Å². The van der Waals surface area contributed by atoms with Crippen molar-refractivity contribution in [2.75, 3.05) is 5.75 Å². The molecule has 0 amide bonds. The quantitative estimate of drug-likeness (QED) is 0.352. The highest BCUT2D eigenvalue weighted by atomic mass is 79.9. The Morgan fingerprint density at radius 2 is 1.76 bits per heavy atom. The molecule has 0 fully saturated rings. The zero-order valence-electron chi connectivity index (χ0n) is 12.2. The van der Waals surface area contributed by atoms with Crippen molar-refractivity contribution in [3.63, 3.8) is 0 Å². The van der Waals surface area contributed by atoms with Crippen LogP contribution in [0.1, 0.15) is 35.2 Å². The van der Waals surface area contributed by atoms with E-state index < -0.39 is 0 Å². The average Bonchev–Trinajstić information content (AvgIpc) is 2.69. The van der Waals surface area contributed by atoms with Crippen LogP contribution in [0, 0.1) is 5.92 Å². The molecule has 0 heterocycles. The van der Waals surface area contributed by atoms with Gasteiger partial charge in [-0.2, -0.15) is 0 Å². The molecule has 0 aliphatic heterocycles. The van der Waals surface area contributed by atoms with Gasteiger partial charge in [0, 0.05) is 9.72 Å². The van der Waals surface area contributed by atoms with E-state index in [4.69, 9.17) is 0 Å². The Bertz CT molecular complexity index is 567. The Balaban J connectivity index is 1.61. The first-order valence-corrected chi connectivity index (χ1v) is 9.64. The van der Waals surface area contributed by atoms with Gasteiger partial charge in [0.15, 0.2) is 0 Å². The highest BCUT2D eigenvalue weighted by molar-refractivity contribution is 9.09. The molecule has 110 valence electrons. The van der Waals surface area contributed by atoms with Gasteiger partial charge in [-0.15, -0.1) is 11.8 Å². The Morgan fingerprint density at radius 3 is 2.62 bits per heavy atom.